The van der Waals surface area contributed by atoms with Crippen LogP contribution in [0.4, 0.5) is 0 Å². The highest BCUT2D eigenvalue weighted by Crippen LogP contribution is 2.23. The van der Waals surface area contributed by atoms with Gasteiger partial charge in [0, 0.05) is 17.0 Å². The van der Waals surface area contributed by atoms with E-state index in [0.717, 1.165) is 15.7 Å². The highest BCUT2D eigenvalue weighted by Gasteiger charge is 2.05. The average molecular weight is 274 g/mol. The molecule has 0 spiro atoms. The number of halogens is 1. The van der Waals surface area contributed by atoms with Gasteiger partial charge in [-0.3, -0.25) is 0 Å². The minimum atomic E-state index is -0.331. The molecule has 0 saturated carbocycles. The van der Waals surface area contributed by atoms with Crippen LogP contribution in [-0.4, -0.2) is 22.8 Å². The van der Waals surface area contributed by atoms with Gasteiger partial charge in [-0.25, -0.2) is 4.98 Å². The Labute approximate surface area is 98.6 Å². The fourth-order valence-electron chi connectivity index (χ4n) is 1.19. The monoisotopic (exact) mass is 273 g/mol. The summed E-state index contributed by atoms with van der Waals surface area (Å²) >= 11 is 3.45. The fourth-order valence-corrected chi connectivity index (χ4v) is 1.39. The van der Waals surface area contributed by atoms with Crippen molar-refractivity contribution < 1.29 is 9.84 Å². The van der Waals surface area contributed by atoms with E-state index in [0.29, 0.717) is 18.9 Å². The fraction of sp³-hybridized carbons (Fsp3) is 0.545. The third-order valence-corrected chi connectivity index (χ3v) is 3.27. The molecule has 0 saturated heterocycles. The molecule has 0 aliphatic heterocycles. The lowest BCUT2D eigenvalue weighted by molar-refractivity contribution is 0.154. The SMILES string of the molecule is Cc1cc(OCC[C@@H](C)O)nc(C)c1Br. The molecule has 0 aromatic carbocycles. The van der Waals surface area contributed by atoms with E-state index in [-0.39, 0.29) is 6.10 Å². The summed E-state index contributed by atoms with van der Waals surface area (Å²) in [5, 5.41) is 9.08. The van der Waals surface area contributed by atoms with Crippen molar-refractivity contribution in [2.24, 2.45) is 0 Å². The van der Waals surface area contributed by atoms with Gasteiger partial charge in [-0.05, 0) is 42.3 Å². The van der Waals surface area contributed by atoms with E-state index < -0.39 is 0 Å². The zero-order chi connectivity index (χ0) is 11.4. The quantitative estimate of drug-likeness (QED) is 0.917. The number of aromatic nitrogens is 1. The highest BCUT2D eigenvalue weighted by atomic mass is 79.9. The van der Waals surface area contributed by atoms with E-state index in [9.17, 15) is 0 Å². The lowest BCUT2D eigenvalue weighted by Crippen LogP contribution is -2.08. The Morgan fingerprint density at radius 2 is 2.20 bits per heavy atom. The van der Waals surface area contributed by atoms with Crippen molar-refractivity contribution in [2.45, 2.75) is 33.3 Å². The van der Waals surface area contributed by atoms with Crippen molar-refractivity contribution in [3.8, 4) is 5.88 Å². The molecule has 3 nitrogen and oxygen atoms in total. The van der Waals surface area contributed by atoms with Gasteiger partial charge in [-0.15, -0.1) is 0 Å². The molecule has 0 fully saturated rings. The number of pyridine rings is 1. The second-order valence-electron chi connectivity index (χ2n) is 3.66. The molecule has 1 rings (SSSR count). The molecule has 1 aromatic heterocycles. The van der Waals surface area contributed by atoms with Crippen molar-refractivity contribution in [3.05, 3.63) is 21.8 Å². The first-order chi connectivity index (χ1) is 7.00. The van der Waals surface area contributed by atoms with Crippen LogP contribution in [0.2, 0.25) is 0 Å². The number of rotatable bonds is 4. The van der Waals surface area contributed by atoms with Crippen LogP contribution in [0.15, 0.2) is 10.5 Å². The summed E-state index contributed by atoms with van der Waals surface area (Å²) in [7, 11) is 0. The Bertz CT molecular complexity index is 316. The first-order valence-corrected chi connectivity index (χ1v) is 5.74. The van der Waals surface area contributed by atoms with E-state index in [1.54, 1.807) is 6.92 Å². The van der Waals surface area contributed by atoms with Crippen molar-refractivity contribution in [1.29, 1.82) is 0 Å². The molecule has 0 unspecified atom stereocenters. The van der Waals surface area contributed by atoms with Gasteiger partial charge < -0.3 is 9.84 Å². The van der Waals surface area contributed by atoms with Gasteiger partial charge in [-0.2, -0.15) is 0 Å². The topological polar surface area (TPSA) is 42.4 Å². The number of aliphatic hydroxyl groups is 1. The first-order valence-electron chi connectivity index (χ1n) is 4.95. The highest BCUT2D eigenvalue weighted by molar-refractivity contribution is 9.10. The van der Waals surface area contributed by atoms with Crippen LogP contribution in [0.3, 0.4) is 0 Å². The molecule has 1 heterocycles. The Kier molecular flexibility index (Phi) is 4.54. The third-order valence-electron chi connectivity index (χ3n) is 2.07. The van der Waals surface area contributed by atoms with Gasteiger partial charge in [0.25, 0.3) is 0 Å². The molecule has 1 atom stereocenters. The maximum atomic E-state index is 9.08. The second-order valence-corrected chi connectivity index (χ2v) is 4.46. The van der Waals surface area contributed by atoms with Crippen molar-refractivity contribution in [2.75, 3.05) is 6.61 Å². The van der Waals surface area contributed by atoms with E-state index in [1.165, 1.54) is 0 Å². The van der Waals surface area contributed by atoms with E-state index in [2.05, 4.69) is 20.9 Å². The third kappa shape index (κ3) is 3.80. The predicted octanol–water partition coefficient (Wildman–Crippen LogP) is 2.61. The molecule has 0 bridgehead atoms. The van der Waals surface area contributed by atoms with Gasteiger partial charge in [0.15, 0.2) is 0 Å². The molecule has 1 N–H and O–H groups in total. The minimum Gasteiger partial charge on any atom is -0.478 e. The molecule has 0 radical (unpaired) electrons. The zero-order valence-corrected chi connectivity index (χ0v) is 10.8. The lowest BCUT2D eigenvalue weighted by atomic mass is 10.2. The number of hydrogen-bond donors (Lipinski definition) is 1. The Morgan fingerprint density at radius 1 is 1.53 bits per heavy atom. The predicted molar refractivity (Wildman–Crippen MR) is 63.2 cm³/mol. The molecular weight excluding hydrogens is 258 g/mol. The summed E-state index contributed by atoms with van der Waals surface area (Å²) in [6.07, 6.45) is 0.290. The van der Waals surface area contributed by atoms with Crippen LogP contribution in [0.1, 0.15) is 24.6 Å². The van der Waals surface area contributed by atoms with E-state index >= 15 is 0 Å². The number of ether oxygens (including phenoxy) is 1. The summed E-state index contributed by atoms with van der Waals surface area (Å²) in [5.41, 5.74) is 2.02. The Balaban J connectivity index is 2.63. The van der Waals surface area contributed by atoms with Gasteiger partial charge in [-0.1, -0.05) is 0 Å². The Morgan fingerprint density at radius 3 is 2.73 bits per heavy atom. The normalized spacial score (nSPS) is 12.6. The van der Waals surface area contributed by atoms with E-state index in [1.807, 2.05) is 19.9 Å². The van der Waals surface area contributed by atoms with Crippen LogP contribution in [0.5, 0.6) is 5.88 Å². The van der Waals surface area contributed by atoms with Crippen LogP contribution < -0.4 is 4.74 Å². The van der Waals surface area contributed by atoms with Crippen molar-refractivity contribution in [3.63, 3.8) is 0 Å². The molecular formula is C11H16BrNO2. The summed E-state index contributed by atoms with van der Waals surface area (Å²) < 4.78 is 6.46. The summed E-state index contributed by atoms with van der Waals surface area (Å²) in [6, 6.07) is 1.89. The van der Waals surface area contributed by atoms with Gasteiger partial charge in [0.05, 0.1) is 18.4 Å². The minimum absolute atomic E-state index is 0.331. The summed E-state index contributed by atoms with van der Waals surface area (Å²) in [5.74, 6) is 0.619. The van der Waals surface area contributed by atoms with Crippen LogP contribution in [-0.2, 0) is 0 Å². The van der Waals surface area contributed by atoms with Gasteiger partial charge in [0.1, 0.15) is 0 Å². The molecule has 1 aromatic rings. The van der Waals surface area contributed by atoms with Crippen molar-refractivity contribution >= 4 is 15.9 Å². The lowest BCUT2D eigenvalue weighted by Gasteiger charge is -2.09. The maximum Gasteiger partial charge on any atom is 0.213 e. The van der Waals surface area contributed by atoms with Crippen LogP contribution >= 0.6 is 15.9 Å². The molecule has 0 aliphatic carbocycles. The van der Waals surface area contributed by atoms with Crippen LogP contribution in [0.25, 0.3) is 0 Å². The molecule has 15 heavy (non-hydrogen) atoms. The summed E-state index contributed by atoms with van der Waals surface area (Å²) in [6.45, 7) is 6.17. The second kappa shape index (κ2) is 5.47. The molecule has 4 heteroatoms. The summed E-state index contributed by atoms with van der Waals surface area (Å²) in [4.78, 5) is 4.28. The zero-order valence-electron chi connectivity index (χ0n) is 9.25. The molecule has 84 valence electrons. The number of hydrogen-bond acceptors (Lipinski definition) is 3. The Hall–Kier alpha value is -0.610. The smallest absolute Gasteiger partial charge is 0.213 e. The molecule has 0 aliphatic rings. The maximum absolute atomic E-state index is 9.08. The standard InChI is InChI=1S/C11H16BrNO2/c1-7-6-10(13-9(3)11(7)12)15-5-4-8(2)14/h6,8,14H,4-5H2,1-3H3/t8-/m1/s1. The van der Waals surface area contributed by atoms with Gasteiger partial charge in [0.2, 0.25) is 5.88 Å². The van der Waals surface area contributed by atoms with Gasteiger partial charge >= 0.3 is 0 Å². The largest absolute Gasteiger partial charge is 0.478 e. The van der Waals surface area contributed by atoms with Crippen LogP contribution in [0, 0.1) is 13.8 Å². The number of aliphatic hydroxyl groups excluding tert-OH is 1. The van der Waals surface area contributed by atoms with Crippen molar-refractivity contribution in [1.82, 2.24) is 4.98 Å². The average Bonchev–Trinajstić information content (AvgIpc) is 2.13. The number of aryl methyl sites for hydroxylation is 2. The van der Waals surface area contributed by atoms with E-state index in [4.69, 9.17) is 9.84 Å². The number of nitrogens with zero attached hydrogens (tertiary/aromatic N) is 1. The first kappa shape index (κ1) is 12.5. The molecule has 0 amide bonds.